The molecule has 0 aromatic carbocycles. The van der Waals surface area contributed by atoms with Crippen molar-refractivity contribution < 1.29 is 14.3 Å². The summed E-state index contributed by atoms with van der Waals surface area (Å²) in [6, 6.07) is 3.26. The summed E-state index contributed by atoms with van der Waals surface area (Å²) in [7, 11) is 0. The zero-order valence-corrected chi connectivity index (χ0v) is 8.45. The molecule has 0 spiro atoms. The lowest BCUT2D eigenvalue weighted by atomic mass is 10.1. The predicted octanol–water partition coefficient (Wildman–Crippen LogP) is 3.10. The monoisotopic (exact) mass is 196 g/mol. The van der Waals surface area contributed by atoms with Crippen molar-refractivity contribution in [2.75, 3.05) is 0 Å². The standard InChI is InChI=1S/C11H16O3/c1-2-3-4-5-6-9-7-8-10(14-9)11(12)13/h7-8H,2-6H2,1H3,(H,12,13). The first-order chi connectivity index (χ1) is 6.74. The Balaban J connectivity index is 2.33. The number of rotatable bonds is 6. The first kappa shape index (κ1) is 10.8. The molecule has 3 nitrogen and oxygen atoms in total. The summed E-state index contributed by atoms with van der Waals surface area (Å²) in [6.45, 7) is 2.16. The van der Waals surface area contributed by atoms with Gasteiger partial charge in [-0.05, 0) is 18.6 Å². The quantitative estimate of drug-likeness (QED) is 0.711. The van der Waals surface area contributed by atoms with Gasteiger partial charge in [-0.1, -0.05) is 26.2 Å². The minimum atomic E-state index is -0.996. The van der Waals surface area contributed by atoms with Gasteiger partial charge in [-0.2, -0.15) is 0 Å². The number of hydrogen-bond donors (Lipinski definition) is 1. The normalized spacial score (nSPS) is 10.4. The molecule has 1 rings (SSSR count). The van der Waals surface area contributed by atoms with E-state index in [0.717, 1.165) is 18.6 Å². The average molecular weight is 196 g/mol. The third-order valence-electron chi connectivity index (χ3n) is 2.15. The van der Waals surface area contributed by atoms with Gasteiger partial charge < -0.3 is 9.52 Å². The highest BCUT2D eigenvalue weighted by molar-refractivity contribution is 5.84. The number of furan rings is 1. The second kappa shape index (κ2) is 5.47. The molecule has 0 atom stereocenters. The molecule has 0 fully saturated rings. The lowest BCUT2D eigenvalue weighted by Crippen LogP contribution is -1.92. The number of unbranched alkanes of at least 4 members (excludes halogenated alkanes) is 3. The minimum absolute atomic E-state index is 0.0375. The van der Waals surface area contributed by atoms with Crippen LogP contribution in [0, 0.1) is 0 Å². The number of aromatic carboxylic acids is 1. The van der Waals surface area contributed by atoms with E-state index in [1.807, 2.05) is 0 Å². The van der Waals surface area contributed by atoms with Crippen LogP contribution in [0.1, 0.15) is 48.9 Å². The fraction of sp³-hybridized carbons (Fsp3) is 0.545. The highest BCUT2D eigenvalue weighted by Gasteiger charge is 2.07. The number of carboxylic acids is 1. The van der Waals surface area contributed by atoms with Crippen LogP contribution in [0.2, 0.25) is 0 Å². The van der Waals surface area contributed by atoms with Gasteiger partial charge in [0.25, 0.3) is 0 Å². The fourth-order valence-corrected chi connectivity index (χ4v) is 1.35. The largest absolute Gasteiger partial charge is 0.475 e. The van der Waals surface area contributed by atoms with Crippen molar-refractivity contribution in [3.8, 4) is 0 Å². The second-order valence-electron chi connectivity index (χ2n) is 3.38. The maximum absolute atomic E-state index is 10.5. The van der Waals surface area contributed by atoms with E-state index < -0.39 is 5.97 Å². The molecule has 0 aliphatic heterocycles. The van der Waals surface area contributed by atoms with Crippen LogP contribution >= 0.6 is 0 Å². The molecule has 1 N–H and O–H groups in total. The van der Waals surface area contributed by atoms with Crippen LogP contribution in [-0.4, -0.2) is 11.1 Å². The van der Waals surface area contributed by atoms with Gasteiger partial charge >= 0.3 is 5.97 Å². The molecule has 0 aliphatic carbocycles. The van der Waals surface area contributed by atoms with Crippen molar-refractivity contribution in [3.05, 3.63) is 23.7 Å². The van der Waals surface area contributed by atoms with Gasteiger partial charge in [0.2, 0.25) is 5.76 Å². The molecular weight excluding hydrogens is 180 g/mol. The van der Waals surface area contributed by atoms with Crippen LogP contribution in [0.5, 0.6) is 0 Å². The molecule has 0 saturated carbocycles. The summed E-state index contributed by atoms with van der Waals surface area (Å²) in [6.07, 6.45) is 5.53. The molecule has 0 unspecified atom stereocenters. The average Bonchev–Trinajstić information content (AvgIpc) is 2.61. The van der Waals surface area contributed by atoms with Crippen molar-refractivity contribution in [2.24, 2.45) is 0 Å². The van der Waals surface area contributed by atoms with Crippen LogP contribution < -0.4 is 0 Å². The highest BCUT2D eigenvalue weighted by atomic mass is 16.4. The smallest absolute Gasteiger partial charge is 0.371 e. The molecule has 0 bridgehead atoms. The van der Waals surface area contributed by atoms with E-state index in [4.69, 9.17) is 9.52 Å². The maximum Gasteiger partial charge on any atom is 0.371 e. The van der Waals surface area contributed by atoms with E-state index in [9.17, 15) is 4.79 Å². The van der Waals surface area contributed by atoms with E-state index >= 15 is 0 Å². The summed E-state index contributed by atoms with van der Waals surface area (Å²) in [5.74, 6) is -0.182. The molecule has 1 aromatic heterocycles. The second-order valence-corrected chi connectivity index (χ2v) is 3.38. The first-order valence-electron chi connectivity index (χ1n) is 5.06. The Morgan fingerprint density at radius 1 is 1.36 bits per heavy atom. The van der Waals surface area contributed by atoms with Crippen molar-refractivity contribution in [1.82, 2.24) is 0 Å². The van der Waals surface area contributed by atoms with Crippen LogP contribution in [0.3, 0.4) is 0 Å². The van der Waals surface area contributed by atoms with Crippen molar-refractivity contribution in [3.63, 3.8) is 0 Å². The Morgan fingerprint density at radius 2 is 2.14 bits per heavy atom. The molecular formula is C11H16O3. The van der Waals surface area contributed by atoms with E-state index in [0.29, 0.717) is 0 Å². The van der Waals surface area contributed by atoms with E-state index in [-0.39, 0.29) is 5.76 Å². The number of carbonyl (C=O) groups is 1. The van der Waals surface area contributed by atoms with Gasteiger partial charge in [-0.15, -0.1) is 0 Å². The number of carboxylic acid groups (broad SMARTS) is 1. The maximum atomic E-state index is 10.5. The van der Waals surface area contributed by atoms with Crippen molar-refractivity contribution in [2.45, 2.75) is 39.0 Å². The first-order valence-corrected chi connectivity index (χ1v) is 5.06. The lowest BCUT2D eigenvalue weighted by molar-refractivity contribution is 0.0660. The molecule has 0 aliphatic rings. The molecule has 0 saturated heterocycles. The van der Waals surface area contributed by atoms with Gasteiger partial charge in [0.05, 0.1) is 0 Å². The topological polar surface area (TPSA) is 50.4 Å². The summed E-state index contributed by atoms with van der Waals surface area (Å²) >= 11 is 0. The van der Waals surface area contributed by atoms with Gasteiger partial charge in [0.15, 0.2) is 0 Å². The van der Waals surface area contributed by atoms with Crippen LogP contribution in [0.15, 0.2) is 16.5 Å². The van der Waals surface area contributed by atoms with Gasteiger partial charge in [-0.25, -0.2) is 4.79 Å². The van der Waals surface area contributed by atoms with Crippen LogP contribution in [0.4, 0.5) is 0 Å². The summed E-state index contributed by atoms with van der Waals surface area (Å²) in [5, 5.41) is 8.61. The summed E-state index contributed by atoms with van der Waals surface area (Å²) in [5.41, 5.74) is 0. The van der Waals surface area contributed by atoms with Crippen molar-refractivity contribution in [1.29, 1.82) is 0 Å². The van der Waals surface area contributed by atoms with Gasteiger partial charge in [-0.3, -0.25) is 0 Å². The molecule has 78 valence electrons. The Hall–Kier alpha value is -1.25. The third kappa shape index (κ3) is 3.24. The van der Waals surface area contributed by atoms with Crippen molar-refractivity contribution >= 4 is 5.97 Å². The highest BCUT2D eigenvalue weighted by Crippen LogP contribution is 2.12. The molecule has 1 aromatic rings. The Morgan fingerprint density at radius 3 is 2.71 bits per heavy atom. The van der Waals surface area contributed by atoms with Crippen LogP contribution in [-0.2, 0) is 6.42 Å². The van der Waals surface area contributed by atoms with Crippen LogP contribution in [0.25, 0.3) is 0 Å². The Labute approximate surface area is 83.7 Å². The van der Waals surface area contributed by atoms with E-state index in [2.05, 4.69) is 6.92 Å². The van der Waals surface area contributed by atoms with Gasteiger partial charge in [0, 0.05) is 6.42 Å². The van der Waals surface area contributed by atoms with Gasteiger partial charge in [0.1, 0.15) is 5.76 Å². The predicted molar refractivity (Wildman–Crippen MR) is 53.5 cm³/mol. The Bertz CT molecular complexity index is 288. The van der Waals surface area contributed by atoms with E-state index in [1.165, 1.54) is 25.3 Å². The number of aryl methyl sites for hydroxylation is 1. The molecule has 0 amide bonds. The minimum Gasteiger partial charge on any atom is -0.475 e. The summed E-state index contributed by atoms with van der Waals surface area (Å²) < 4.78 is 5.13. The molecule has 0 radical (unpaired) electrons. The molecule has 3 heteroatoms. The Kier molecular flexibility index (Phi) is 4.23. The molecule has 1 heterocycles. The fourth-order valence-electron chi connectivity index (χ4n) is 1.35. The summed E-state index contributed by atoms with van der Waals surface area (Å²) in [4.78, 5) is 10.5. The zero-order chi connectivity index (χ0) is 10.4. The SMILES string of the molecule is CCCCCCc1ccc(C(=O)O)o1. The van der Waals surface area contributed by atoms with E-state index in [1.54, 1.807) is 6.07 Å². The lowest BCUT2D eigenvalue weighted by Gasteiger charge is -1.96. The number of hydrogen-bond acceptors (Lipinski definition) is 2. The zero-order valence-electron chi connectivity index (χ0n) is 8.45. The molecule has 14 heavy (non-hydrogen) atoms. The third-order valence-corrected chi connectivity index (χ3v) is 2.15.